The van der Waals surface area contributed by atoms with E-state index in [1.54, 1.807) is 24.3 Å². The van der Waals surface area contributed by atoms with Crippen LogP contribution in [-0.4, -0.2) is 41.8 Å². The van der Waals surface area contributed by atoms with Crippen molar-refractivity contribution >= 4 is 23.3 Å². The van der Waals surface area contributed by atoms with Crippen LogP contribution < -0.4 is 10.8 Å². The third-order valence-electron chi connectivity index (χ3n) is 6.44. The Morgan fingerprint density at radius 3 is 1.78 bits per heavy atom. The van der Waals surface area contributed by atoms with Gasteiger partial charge in [-0.15, -0.1) is 0 Å². The first kappa shape index (κ1) is 31.1. The standard InChI is InChI=1S/C16H36N.C13H11N3O3/c1-5-9-13-17(14-10-6-2,15-11-7-3)16-12-8-4;14-10-5-1-2-6-11(10)15-8-9-4-3-7-12(13(9)17)16(18)19/h5-16H2,1-4H3;1-8,17H,14H2/q+1;/p-1. The molecule has 0 spiro atoms. The van der Waals surface area contributed by atoms with Crippen LogP contribution in [0.15, 0.2) is 47.5 Å². The summed E-state index contributed by atoms with van der Waals surface area (Å²) in [5.74, 6) is -0.661. The molecule has 0 fully saturated rings. The Kier molecular flexibility index (Phi) is 15.1. The largest absolute Gasteiger partial charge is 0.867 e. The average molecular weight is 499 g/mol. The highest BCUT2D eigenvalue weighted by atomic mass is 16.6. The van der Waals surface area contributed by atoms with Crippen molar-refractivity contribution in [2.45, 2.75) is 79.1 Å². The van der Waals surface area contributed by atoms with Gasteiger partial charge in [0.1, 0.15) is 0 Å². The molecule has 2 rings (SSSR count). The van der Waals surface area contributed by atoms with Gasteiger partial charge in [-0.3, -0.25) is 15.1 Å². The summed E-state index contributed by atoms with van der Waals surface area (Å²) >= 11 is 0. The fraction of sp³-hybridized carbons (Fsp3) is 0.552. The van der Waals surface area contributed by atoms with E-state index < -0.39 is 16.4 Å². The fourth-order valence-corrected chi connectivity index (χ4v) is 4.18. The van der Waals surface area contributed by atoms with E-state index in [1.807, 2.05) is 0 Å². The van der Waals surface area contributed by atoms with Crippen molar-refractivity contribution in [3.8, 4) is 5.75 Å². The van der Waals surface area contributed by atoms with Gasteiger partial charge in [0.05, 0.1) is 42.5 Å². The molecule has 0 atom stereocenters. The zero-order chi connectivity index (χ0) is 26.8. The SMILES string of the molecule is CCCC[N+](CCCC)(CCCC)CCCC.Nc1ccccc1N=Cc1cccc([N+](=O)[O-])c1[O-]. The summed E-state index contributed by atoms with van der Waals surface area (Å²) in [6.45, 7) is 15.0. The Labute approximate surface area is 217 Å². The van der Waals surface area contributed by atoms with Gasteiger partial charge in [-0.05, 0) is 49.1 Å². The molecule has 0 saturated heterocycles. The van der Waals surface area contributed by atoms with Gasteiger partial charge >= 0.3 is 0 Å². The molecule has 0 bridgehead atoms. The summed E-state index contributed by atoms with van der Waals surface area (Å²) in [7, 11) is 0. The Balaban J connectivity index is 0.000000363. The number of hydrogen-bond acceptors (Lipinski definition) is 5. The summed E-state index contributed by atoms with van der Waals surface area (Å²) in [6, 6.07) is 11.0. The predicted molar refractivity (Wildman–Crippen MR) is 150 cm³/mol. The number of anilines is 1. The maximum atomic E-state index is 11.8. The van der Waals surface area contributed by atoms with Crippen molar-refractivity contribution in [2.24, 2.45) is 4.99 Å². The molecular weight excluding hydrogens is 452 g/mol. The van der Waals surface area contributed by atoms with Gasteiger partial charge in [0.2, 0.25) is 0 Å². The van der Waals surface area contributed by atoms with Gasteiger partial charge in [-0.2, -0.15) is 0 Å². The lowest BCUT2D eigenvalue weighted by Crippen LogP contribution is -2.50. The summed E-state index contributed by atoms with van der Waals surface area (Å²) in [4.78, 5) is 14.0. The predicted octanol–water partition coefficient (Wildman–Crippen LogP) is 7.00. The minimum atomic E-state index is -0.712. The number of aliphatic imine (C=N–C) groups is 1. The number of quaternary nitrogens is 1. The number of nitrogen functional groups attached to an aromatic ring is 1. The number of benzene rings is 2. The maximum absolute atomic E-state index is 11.8. The first-order chi connectivity index (χ1) is 17.3. The molecule has 0 aliphatic carbocycles. The molecule has 7 heteroatoms. The molecule has 0 aliphatic heterocycles. The first-order valence-corrected chi connectivity index (χ1v) is 13.5. The van der Waals surface area contributed by atoms with Crippen LogP contribution in [0.2, 0.25) is 0 Å². The minimum absolute atomic E-state index is 0.150. The highest BCUT2D eigenvalue weighted by Crippen LogP contribution is 2.26. The van der Waals surface area contributed by atoms with Crippen LogP contribution >= 0.6 is 0 Å². The molecule has 2 aromatic rings. The highest BCUT2D eigenvalue weighted by molar-refractivity contribution is 5.88. The summed E-state index contributed by atoms with van der Waals surface area (Å²) in [6.07, 6.45) is 12.3. The molecule has 7 nitrogen and oxygen atoms in total. The lowest BCUT2D eigenvalue weighted by Gasteiger charge is -2.39. The average Bonchev–Trinajstić information content (AvgIpc) is 2.88. The Morgan fingerprint density at radius 2 is 1.33 bits per heavy atom. The smallest absolute Gasteiger partial charge is 0.262 e. The van der Waals surface area contributed by atoms with Crippen LogP contribution in [0.25, 0.3) is 0 Å². The summed E-state index contributed by atoms with van der Waals surface area (Å²) in [5.41, 5.74) is 6.36. The van der Waals surface area contributed by atoms with Crippen molar-refractivity contribution < 1.29 is 14.5 Å². The lowest BCUT2D eigenvalue weighted by molar-refractivity contribution is -0.929. The van der Waals surface area contributed by atoms with Gasteiger partial charge in [0.25, 0.3) is 5.69 Å². The number of hydrogen-bond donors (Lipinski definition) is 1. The quantitative estimate of drug-likeness (QED) is 0.0937. The van der Waals surface area contributed by atoms with Crippen LogP contribution in [-0.2, 0) is 0 Å². The van der Waals surface area contributed by atoms with Crippen molar-refractivity contribution in [2.75, 3.05) is 31.9 Å². The molecule has 36 heavy (non-hydrogen) atoms. The van der Waals surface area contributed by atoms with E-state index in [2.05, 4.69) is 32.7 Å². The number of nitrogens with zero attached hydrogens (tertiary/aromatic N) is 3. The number of nitro groups is 1. The van der Waals surface area contributed by atoms with Crippen molar-refractivity contribution in [1.29, 1.82) is 0 Å². The number of nitrogens with two attached hydrogens (primary N) is 1. The van der Waals surface area contributed by atoms with E-state index in [4.69, 9.17) is 5.73 Å². The molecule has 0 heterocycles. The molecule has 0 aromatic heterocycles. The third kappa shape index (κ3) is 10.8. The van der Waals surface area contributed by atoms with Gasteiger partial charge in [-0.25, -0.2) is 0 Å². The van der Waals surface area contributed by atoms with Crippen molar-refractivity contribution in [1.82, 2.24) is 0 Å². The molecular formula is C29H46N4O3. The van der Waals surface area contributed by atoms with Crippen LogP contribution in [0.3, 0.4) is 0 Å². The van der Waals surface area contributed by atoms with E-state index in [1.165, 1.54) is 100 Å². The number of para-hydroxylation sites is 3. The second kappa shape index (κ2) is 17.5. The molecule has 2 aromatic carbocycles. The monoisotopic (exact) mass is 498 g/mol. The van der Waals surface area contributed by atoms with Crippen LogP contribution in [0.5, 0.6) is 5.75 Å². The second-order valence-electron chi connectivity index (χ2n) is 9.42. The lowest BCUT2D eigenvalue weighted by atomic mass is 10.1. The van der Waals surface area contributed by atoms with Gasteiger partial charge < -0.3 is 15.3 Å². The van der Waals surface area contributed by atoms with E-state index in [-0.39, 0.29) is 5.56 Å². The summed E-state index contributed by atoms with van der Waals surface area (Å²) in [5, 5.41) is 22.4. The van der Waals surface area contributed by atoms with Crippen molar-refractivity contribution in [3.63, 3.8) is 0 Å². The fourth-order valence-electron chi connectivity index (χ4n) is 4.18. The zero-order valence-corrected chi connectivity index (χ0v) is 22.7. The number of nitro benzene ring substituents is 1. The van der Waals surface area contributed by atoms with E-state index in [9.17, 15) is 15.2 Å². The molecule has 0 aliphatic rings. The number of rotatable bonds is 15. The van der Waals surface area contributed by atoms with E-state index in [0.717, 1.165) is 6.07 Å². The zero-order valence-electron chi connectivity index (χ0n) is 22.7. The Hall–Kier alpha value is -2.93. The van der Waals surface area contributed by atoms with Gasteiger partial charge in [0, 0.05) is 12.3 Å². The maximum Gasteiger partial charge on any atom is 0.262 e. The summed E-state index contributed by atoms with van der Waals surface area (Å²) < 4.78 is 1.42. The Bertz CT molecular complexity index is 893. The van der Waals surface area contributed by atoms with Crippen LogP contribution in [0, 0.1) is 10.1 Å². The second-order valence-corrected chi connectivity index (χ2v) is 9.42. The molecule has 0 amide bonds. The topological polar surface area (TPSA) is 105 Å². The number of unbranched alkanes of at least 4 members (excludes halogenated alkanes) is 4. The van der Waals surface area contributed by atoms with Crippen molar-refractivity contribution in [3.05, 3.63) is 58.1 Å². The normalized spacial score (nSPS) is 11.3. The van der Waals surface area contributed by atoms with Crippen LogP contribution in [0.1, 0.15) is 84.6 Å². The third-order valence-corrected chi connectivity index (χ3v) is 6.44. The van der Waals surface area contributed by atoms with Gasteiger partial charge in [-0.1, -0.05) is 77.6 Å². The van der Waals surface area contributed by atoms with Crippen LogP contribution in [0.4, 0.5) is 17.1 Å². The molecule has 2 N–H and O–H groups in total. The van der Waals surface area contributed by atoms with Gasteiger partial charge in [0.15, 0.2) is 0 Å². The highest BCUT2D eigenvalue weighted by Gasteiger charge is 2.24. The van der Waals surface area contributed by atoms with E-state index in [0.29, 0.717) is 11.4 Å². The molecule has 200 valence electrons. The Morgan fingerprint density at radius 1 is 0.833 bits per heavy atom. The molecule has 0 unspecified atom stereocenters. The molecule has 0 saturated carbocycles. The van der Waals surface area contributed by atoms with E-state index >= 15 is 0 Å². The first-order valence-electron chi connectivity index (χ1n) is 13.5. The minimum Gasteiger partial charge on any atom is -0.867 e. The molecule has 0 radical (unpaired) electrons.